The molecule has 0 atom stereocenters. The summed E-state index contributed by atoms with van der Waals surface area (Å²) in [6.07, 6.45) is 0. The first-order valence-corrected chi connectivity index (χ1v) is 5.62. The minimum atomic E-state index is -0.0841. The molecule has 2 N–H and O–H groups in total. The Balaban J connectivity index is 2.40. The van der Waals surface area contributed by atoms with Crippen LogP contribution in [0.1, 0.15) is 21.5 Å². The van der Waals surface area contributed by atoms with Crippen molar-refractivity contribution >= 4 is 23.1 Å². The van der Waals surface area contributed by atoms with Gasteiger partial charge >= 0.3 is 0 Å². The highest BCUT2D eigenvalue weighted by Gasteiger charge is 2.11. The number of nitrogen functional groups attached to an aromatic ring is 1. The van der Waals surface area contributed by atoms with Crippen molar-refractivity contribution in [3.05, 3.63) is 64.2 Å². The molecule has 0 unspecified atom stereocenters. The largest absolute Gasteiger partial charge is 0.398 e. The number of hydrogen-bond acceptors (Lipinski definition) is 2. The molecule has 3 heteroatoms. The van der Waals surface area contributed by atoms with E-state index in [9.17, 15) is 4.79 Å². The number of halogens is 1. The lowest BCUT2D eigenvalue weighted by Crippen LogP contribution is -2.05. The lowest BCUT2D eigenvalue weighted by atomic mass is 10.0. The summed E-state index contributed by atoms with van der Waals surface area (Å²) in [5, 5.41) is 0.610. The van der Waals surface area contributed by atoms with Crippen LogP contribution in [0.2, 0.25) is 5.02 Å². The summed E-state index contributed by atoms with van der Waals surface area (Å²) in [6, 6.07) is 12.2. The van der Waals surface area contributed by atoms with E-state index in [1.54, 1.807) is 36.4 Å². The van der Waals surface area contributed by atoms with Gasteiger partial charge in [0.1, 0.15) is 0 Å². The van der Waals surface area contributed by atoms with Crippen LogP contribution in [0.4, 0.5) is 5.69 Å². The fourth-order valence-electron chi connectivity index (χ4n) is 1.65. The van der Waals surface area contributed by atoms with E-state index in [4.69, 9.17) is 17.3 Å². The van der Waals surface area contributed by atoms with Gasteiger partial charge in [0, 0.05) is 21.8 Å². The van der Waals surface area contributed by atoms with E-state index in [0.717, 1.165) is 5.56 Å². The van der Waals surface area contributed by atoms with Gasteiger partial charge in [-0.3, -0.25) is 4.79 Å². The van der Waals surface area contributed by atoms with Crippen LogP contribution in [-0.2, 0) is 0 Å². The molecule has 0 fully saturated rings. The Kier molecular flexibility index (Phi) is 3.16. The van der Waals surface area contributed by atoms with Gasteiger partial charge in [-0.2, -0.15) is 0 Å². The first kappa shape index (κ1) is 11.7. The Morgan fingerprint density at radius 3 is 2.35 bits per heavy atom. The van der Waals surface area contributed by atoms with E-state index < -0.39 is 0 Å². The molecule has 0 aliphatic heterocycles. The predicted molar refractivity (Wildman–Crippen MR) is 70.5 cm³/mol. The molecule has 2 nitrogen and oxygen atoms in total. The number of nitrogens with two attached hydrogens (primary N) is 1. The van der Waals surface area contributed by atoms with Gasteiger partial charge in [-0.25, -0.2) is 0 Å². The second kappa shape index (κ2) is 4.60. The van der Waals surface area contributed by atoms with Crippen molar-refractivity contribution in [2.45, 2.75) is 6.92 Å². The van der Waals surface area contributed by atoms with Crippen molar-refractivity contribution < 1.29 is 4.79 Å². The molecule has 0 saturated carbocycles. The first-order chi connectivity index (χ1) is 8.08. The third-order valence-corrected chi connectivity index (χ3v) is 2.81. The Labute approximate surface area is 105 Å². The number of aryl methyl sites for hydroxylation is 1. The number of carbonyl (C=O) groups is 1. The molecule has 0 saturated heterocycles. The molecule has 17 heavy (non-hydrogen) atoms. The van der Waals surface area contributed by atoms with Crippen LogP contribution in [0.5, 0.6) is 0 Å². The Morgan fingerprint density at radius 2 is 1.76 bits per heavy atom. The lowest BCUT2D eigenvalue weighted by molar-refractivity contribution is 0.103. The zero-order valence-electron chi connectivity index (χ0n) is 9.41. The van der Waals surface area contributed by atoms with Crippen molar-refractivity contribution in [1.29, 1.82) is 0 Å². The fraction of sp³-hybridized carbons (Fsp3) is 0.0714. The van der Waals surface area contributed by atoms with E-state index in [2.05, 4.69) is 0 Å². The maximum Gasteiger partial charge on any atom is 0.195 e. The Morgan fingerprint density at radius 1 is 1.12 bits per heavy atom. The van der Waals surface area contributed by atoms with Crippen LogP contribution < -0.4 is 5.73 Å². The molecule has 0 aliphatic rings. The zero-order chi connectivity index (χ0) is 12.4. The molecule has 0 spiro atoms. The van der Waals surface area contributed by atoms with Crippen molar-refractivity contribution in [3.8, 4) is 0 Å². The van der Waals surface area contributed by atoms with Gasteiger partial charge in [0.15, 0.2) is 5.78 Å². The van der Waals surface area contributed by atoms with Crippen LogP contribution in [0.3, 0.4) is 0 Å². The number of benzene rings is 2. The number of carbonyl (C=O) groups excluding carboxylic acids is 1. The number of ketones is 1. The molecule has 2 aromatic carbocycles. The monoisotopic (exact) mass is 245 g/mol. The standard InChI is InChI=1S/C14H12ClNO/c1-9-2-7-12(13(16)8-9)14(17)10-3-5-11(15)6-4-10/h2-8H,16H2,1H3. The maximum absolute atomic E-state index is 12.2. The van der Waals surface area contributed by atoms with Gasteiger partial charge < -0.3 is 5.73 Å². The highest BCUT2D eigenvalue weighted by molar-refractivity contribution is 6.30. The zero-order valence-corrected chi connectivity index (χ0v) is 10.2. The molecule has 0 aromatic heterocycles. The molecule has 0 amide bonds. The van der Waals surface area contributed by atoms with E-state index in [-0.39, 0.29) is 5.78 Å². The highest BCUT2D eigenvalue weighted by atomic mass is 35.5. The molecular formula is C14H12ClNO. The summed E-state index contributed by atoms with van der Waals surface area (Å²) < 4.78 is 0. The van der Waals surface area contributed by atoms with E-state index in [1.165, 1.54) is 0 Å². The first-order valence-electron chi connectivity index (χ1n) is 5.24. The van der Waals surface area contributed by atoms with Crippen molar-refractivity contribution in [2.75, 3.05) is 5.73 Å². The number of hydrogen-bond donors (Lipinski definition) is 1. The van der Waals surface area contributed by atoms with Gasteiger partial charge in [0.25, 0.3) is 0 Å². The normalized spacial score (nSPS) is 10.2. The second-order valence-electron chi connectivity index (χ2n) is 3.93. The summed E-state index contributed by atoms with van der Waals surface area (Å²) in [6.45, 7) is 1.94. The van der Waals surface area contributed by atoms with Crippen LogP contribution in [-0.4, -0.2) is 5.78 Å². The molecular weight excluding hydrogens is 234 g/mol. The quantitative estimate of drug-likeness (QED) is 0.650. The lowest BCUT2D eigenvalue weighted by Gasteiger charge is -2.06. The third-order valence-electron chi connectivity index (χ3n) is 2.56. The van der Waals surface area contributed by atoms with Crippen LogP contribution in [0, 0.1) is 6.92 Å². The van der Waals surface area contributed by atoms with Gasteiger partial charge in [0.05, 0.1) is 0 Å². The average molecular weight is 246 g/mol. The smallest absolute Gasteiger partial charge is 0.195 e. The third kappa shape index (κ3) is 2.48. The van der Waals surface area contributed by atoms with Crippen LogP contribution in [0.25, 0.3) is 0 Å². The summed E-state index contributed by atoms with van der Waals surface area (Å²) in [7, 11) is 0. The summed E-state index contributed by atoms with van der Waals surface area (Å²) in [4.78, 5) is 12.2. The maximum atomic E-state index is 12.2. The molecule has 0 heterocycles. The van der Waals surface area contributed by atoms with Crippen LogP contribution in [0.15, 0.2) is 42.5 Å². The van der Waals surface area contributed by atoms with Crippen molar-refractivity contribution in [1.82, 2.24) is 0 Å². The SMILES string of the molecule is Cc1ccc(C(=O)c2ccc(Cl)cc2)c(N)c1. The molecule has 86 valence electrons. The predicted octanol–water partition coefficient (Wildman–Crippen LogP) is 3.46. The van der Waals surface area contributed by atoms with E-state index in [1.807, 2.05) is 13.0 Å². The van der Waals surface area contributed by atoms with Gasteiger partial charge in [0.2, 0.25) is 0 Å². The average Bonchev–Trinajstić information content (AvgIpc) is 2.29. The number of rotatable bonds is 2. The molecule has 0 aliphatic carbocycles. The number of anilines is 1. The van der Waals surface area contributed by atoms with Gasteiger partial charge in [-0.1, -0.05) is 17.7 Å². The minimum Gasteiger partial charge on any atom is -0.398 e. The molecule has 2 rings (SSSR count). The molecule has 2 aromatic rings. The summed E-state index contributed by atoms with van der Waals surface area (Å²) in [5.41, 5.74) is 8.50. The second-order valence-corrected chi connectivity index (χ2v) is 4.36. The summed E-state index contributed by atoms with van der Waals surface area (Å²) >= 11 is 5.78. The minimum absolute atomic E-state index is 0.0841. The van der Waals surface area contributed by atoms with E-state index >= 15 is 0 Å². The van der Waals surface area contributed by atoms with E-state index in [0.29, 0.717) is 21.8 Å². The van der Waals surface area contributed by atoms with Gasteiger partial charge in [-0.05, 0) is 48.9 Å². The Hall–Kier alpha value is -1.80. The molecule has 0 bridgehead atoms. The van der Waals surface area contributed by atoms with Crippen molar-refractivity contribution in [3.63, 3.8) is 0 Å². The van der Waals surface area contributed by atoms with Gasteiger partial charge in [-0.15, -0.1) is 0 Å². The fourth-order valence-corrected chi connectivity index (χ4v) is 1.77. The highest BCUT2D eigenvalue weighted by Crippen LogP contribution is 2.19. The summed E-state index contributed by atoms with van der Waals surface area (Å²) in [5.74, 6) is -0.0841. The molecule has 0 radical (unpaired) electrons. The van der Waals surface area contributed by atoms with Crippen LogP contribution >= 0.6 is 11.6 Å². The topological polar surface area (TPSA) is 43.1 Å². The van der Waals surface area contributed by atoms with Crippen molar-refractivity contribution in [2.24, 2.45) is 0 Å². The Bertz CT molecular complexity index is 561.